The zero-order valence-electron chi connectivity index (χ0n) is 88.7. The van der Waals surface area contributed by atoms with Crippen molar-refractivity contribution in [2.75, 3.05) is 14.2 Å². The molecule has 0 aliphatic carbocycles. The molecule has 1 aliphatic heterocycles. The largest absolute Gasteiger partial charge is 1.00 e. The average molecular weight is 2010 g/mol. The van der Waals surface area contributed by atoms with Crippen LogP contribution in [0.15, 0.2) is 293 Å². The number of aliphatic hydroxyl groups is 12. The second-order valence-corrected chi connectivity index (χ2v) is 41.2. The summed E-state index contributed by atoms with van der Waals surface area (Å²) in [4.78, 5) is 35.8. The van der Waals surface area contributed by atoms with Gasteiger partial charge >= 0.3 is 1.43 Å². The zero-order chi connectivity index (χ0) is 106. The number of pyridine rings is 6. The molecule has 13 rings (SSSR count). The number of aldehydes is 3. The van der Waals surface area contributed by atoms with E-state index in [0.29, 0.717) is 29.5 Å². The normalized spacial score (nSPS) is 18.2. The molecule has 0 spiro atoms. The Balaban J connectivity index is 0.000000259. The second kappa shape index (κ2) is 57.2. The summed E-state index contributed by atoms with van der Waals surface area (Å²) in [6.45, 7) is 11.0. The van der Waals surface area contributed by atoms with Crippen LogP contribution in [-0.4, -0.2) is 180 Å². The van der Waals surface area contributed by atoms with Crippen molar-refractivity contribution in [2.45, 2.75) is 282 Å². The van der Waals surface area contributed by atoms with E-state index in [1.165, 1.54) is 50.1 Å². The van der Waals surface area contributed by atoms with Gasteiger partial charge in [0.15, 0.2) is 80.7 Å². The fourth-order valence-corrected chi connectivity index (χ4v) is 21.3. The molecule has 1 aliphatic rings. The fourth-order valence-electron chi connectivity index (χ4n) is 21.3. The lowest BCUT2D eigenvalue weighted by Gasteiger charge is -2.42. The van der Waals surface area contributed by atoms with Crippen molar-refractivity contribution in [1.82, 2.24) is 0 Å². The van der Waals surface area contributed by atoms with Crippen LogP contribution in [0.4, 0.5) is 0 Å². The van der Waals surface area contributed by atoms with Crippen molar-refractivity contribution in [3.63, 3.8) is 0 Å². The summed E-state index contributed by atoms with van der Waals surface area (Å²) < 4.78 is 36.9. The summed E-state index contributed by atoms with van der Waals surface area (Å²) in [5.74, 6) is 1.34. The molecule has 1 fully saturated rings. The Morgan fingerprint density at radius 3 is 0.782 bits per heavy atom. The molecule has 1 saturated heterocycles. The number of carbonyl (C=O) groups is 3. The first-order valence-electron chi connectivity index (χ1n) is 51.6. The van der Waals surface area contributed by atoms with Crippen LogP contribution in [0.5, 0.6) is 11.5 Å². The summed E-state index contributed by atoms with van der Waals surface area (Å²) in [6.07, 6.45) is 20.0. The molecule has 0 bridgehead atoms. The van der Waals surface area contributed by atoms with E-state index in [2.05, 4.69) is 293 Å². The van der Waals surface area contributed by atoms with Crippen molar-refractivity contribution in [2.24, 2.45) is 42.3 Å². The predicted molar refractivity (Wildman–Crippen MR) is 564 cm³/mol. The van der Waals surface area contributed by atoms with Crippen LogP contribution >= 0.6 is 0 Å². The molecule has 784 valence electrons. The topological polar surface area (TPSA) is 354 Å². The van der Waals surface area contributed by atoms with Crippen molar-refractivity contribution < 1.29 is 123 Å². The lowest BCUT2D eigenvalue weighted by atomic mass is 9.61. The van der Waals surface area contributed by atoms with Crippen LogP contribution in [0.3, 0.4) is 0 Å². The number of aliphatic hydroxyl groups excluding tert-OH is 12. The summed E-state index contributed by atoms with van der Waals surface area (Å²) in [5.41, 5.74) is 17.0. The summed E-state index contributed by atoms with van der Waals surface area (Å²) in [6, 6.07) is 76.7. The van der Waals surface area contributed by atoms with Gasteiger partial charge in [-0.2, -0.15) is 0 Å². The Kier molecular flexibility index (Phi) is 44.9. The molecular formula is C122H159N6O19+7. The van der Waals surface area contributed by atoms with Gasteiger partial charge in [-0.15, -0.1) is 0 Å². The first-order valence-corrected chi connectivity index (χ1v) is 51.6. The SMILES string of the molecule is CC(O)CC(O)CC(O)CC(O)CC(O)CC(O)CC(C)O.COc1ccc(C(C(c2ccc(C=O)cc2)C(c2cc[n+](C)cc2)C(Cc2ccc(C3OC(CC(O)CC(C)O)CC(CC(O)CC(O)CC(C)O)O3)cc2)c2cc[n+](C)cc2)[C@@H](C)c2cc[n+](C)cc2)cc1.COc1ccc(C(C(c2ccc(C=O)cc2)C(c2cc[n+](C)cc2)C(Cc2ccc(C=O)cc2)c2cc[n+](C)cc2)[C@@H](C)c2cc[n+](C)cc2)cc1.[H+]. The Morgan fingerprint density at radius 2 is 0.503 bits per heavy atom. The minimum absolute atomic E-state index is 0. The van der Waals surface area contributed by atoms with Gasteiger partial charge in [-0.1, -0.05) is 135 Å². The number of aromatic nitrogens is 6. The molecule has 6 aromatic heterocycles. The quantitative estimate of drug-likeness (QED) is 0.0124. The molecule has 7 heterocycles. The number of methoxy groups -OCH3 is 2. The molecule has 22 unspecified atom stereocenters. The van der Waals surface area contributed by atoms with Gasteiger partial charge in [0.25, 0.3) is 0 Å². The fraction of sp³-hybridized carbons (Fsp3) is 0.434. The van der Waals surface area contributed by atoms with Gasteiger partial charge in [0.1, 0.15) is 72.6 Å². The Labute approximate surface area is 869 Å². The molecule has 24 atom stereocenters. The van der Waals surface area contributed by atoms with Crippen LogP contribution in [0.25, 0.3) is 0 Å². The molecule has 0 amide bonds. The van der Waals surface area contributed by atoms with Crippen LogP contribution in [-0.2, 0) is 64.6 Å². The highest BCUT2D eigenvalue weighted by atomic mass is 16.7. The van der Waals surface area contributed by atoms with Crippen molar-refractivity contribution in [1.29, 1.82) is 0 Å². The number of benzene rings is 6. The van der Waals surface area contributed by atoms with Gasteiger partial charge < -0.3 is 80.2 Å². The summed E-state index contributed by atoms with van der Waals surface area (Å²) >= 11 is 0. The van der Waals surface area contributed by atoms with Gasteiger partial charge in [-0.25, -0.2) is 27.4 Å². The van der Waals surface area contributed by atoms with Gasteiger partial charge in [-0.3, -0.25) is 14.4 Å². The standard InChI is InChI=1S/C61H78N3O9.C46H48N3O3.C15H32O7/c1-40(66)32-51(68)35-53(70)37-56-38-55(36-52(69)33-41(2)67)72-61(73-56)50-14-8-43(9-15-50)34-57(46-22-28-63(5)29-23-46)59(49-24-30-64(6)31-25-49)60(48-12-10-44(39-65)11-13-48)58(47-16-18-54(71-7)19-17-47)42(3)45-20-26-62(4)27-21-45;1-33(37-18-24-47(2)25-19-37)44(39-14-16-42(52-5)17-15-39)46(40-12-10-36(32-51)11-13-40)45(41-22-28-49(4)29-23-41)43(38-20-26-48(3)27-21-38)30-34-6-8-35(31-50)9-7-34;1-9(16)3-11(18)5-13(20)7-15(22)8-14(21)6-12(19)4-10(2)17/h8-31,39-42,51-53,55-61,66-70H,32-38H2,1-7H3;6-29,31-33,43-46H,30H2,1-5H3;9-22H,3-8H2,1-2H3/q2*+3;/p+1/t40?,41?,42-,51?,52?,53?,55?,56?,57?,58?,59?,60?,61?;33-,43?,44?,45?,46?;/m00./s1. The van der Waals surface area contributed by atoms with E-state index in [1.807, 2.05) is 83.8 Å². The molecule has 12 N–H and O–H groups in total. The molecule has 12 aromatic rings. The van der Waals surface area contributed by atoms with E-state index in [4.69, 9.17) is 29.2 Å². The second-order valence-electron chi connectivity index (χ2n) is 41.2. The van der Waals surface area contributed by atoms with Crippen LogP contribution in [0.2, 0.25) is 0 Å². The molecule has 147 heavy (non-hydrogen) atoms. The minimum atomic E-state index is -0.956. The van der Waals surface area contributed by atoms with E-state index in [9.17, 15) is 65.4 Å². The van der Waals surface area contributed by atoms with Crippen molar-refractivity contribution >= 4 is 18.9 Å². The number of hydrogen-bond donors (Lipinski definition) is 12. The number of hydrogen-bond acceptors (Lipinski definition) is 19. The Bertz CT molecular complexity index is 5860. The highest BCUT2D eigenvalue weighted by molar-refractivity contribution is 5.76. The molecule has 25 nitrogen and oxygen atoms in total. The maximum absolute atomic E-state index is 12.2. The predicted octanol–water partition coefficient (Wildman–Crippen LogP) is 13.7. The number of ether oxygens (including phenoxy) is 4. The monoisotopic (exact) mass is 2010 g/mol. The van der Waals surface area contributed by atoms with E-state index >= 15 is 0 Å². The highest BCUT2D eigenvalue weighted by Gasteiger charge is 2.45. The number of rotatable bonds is 50. The lowest BCUT2D eigenvalue weighted by molar-refractivity contribution is -0.671. The number of aryl methyl sites for hydroxylation is 6. The zero-order valence-corrected chi connectivity index (χ0v) is 87.7. The Morgan fingerprint density at radius 1 is 0.279 bits per heavy atom. The molecule has 0 saturated carbocycles. The van der Waals surface area contributed by atoms with E-state index in [1.54, 1.807) is 41.9 Å². The Hall–Kier alpha value is -11.7. The molecule has 6 aromatic carbocycles. The third-order valence-corrected chi connectivity index (χ3v) is 28.8. The average Bonchev–Trinajstić information content (AvgIpc) is 0.758. The first-order chi connectivity index (χ1) is 70.4. The molecular weight excluding hydrogens is 1850 g/mol. The van der Waals surface area contributed by atoms with Crippen LogP contribution in [0.1, 0.15) is 289 Å². The molecule has 0 radical (unpaired) electrons. The maximum Gasteiger partial charge on any atom is 1.00 e. The third-order valence-electron chi connectivity index (χ3n) is 28.8. The van der Waals surface area contributed by atoms with Gasteiger partial charge in [-0.05, 0) is 261 Å². The van der Waals surface area contributed by atoms with Crippen LogP contribution in [0, 0.1) is 0 Å². The van der Waals surface area contributed by atoms with Crippen molar-refractivity contribution in [3.8, 4) is 11.5 Å². The highest BCUT2D eigenvalue weighted by Crippen LogP contribution is 2.58. The van der Waals surface area contributed by atoms with E-state index in [0.717, 1.165) is 59.0 Å². The molecule has 25 heteroatoms. The van der Waals surface area contributed by atoms with Gasteiger partial charge in [0.2, 0.25) is 0 Å². The van der Waals surface area contributed by atoms with Crippen LogP contribution < -0.4 is 36.9 Å². The van der Waals surface area contributed by atoms with Gasteiger partial charge in [0.05, 0.1) is 99.7 Å². The van der Waals surface area contributed by atoms with E-state index in [-0.39, 0.29) is 131 Å². The van der Waals surface area contributed by atoms with E-state index < -0.39 is 91.7 Å². The summed E-state index contributed by atoms with van der Waals surface area (Å²) in [7, 11) is 15.6. The lowest BCUT2D eigenvalue weighted by Crippen LogP contribution is -2.38. The first kappa shape index (κ1) is 116. The summed E-state index contributed by atoms with van der Waals surface area (Å²) in [5, 5.41) is 119. The number of carbonyl (C=O) groups excluding carboxylic acids is 3. The maximum atomic E-state index is 12.2. The van der Waals surface area contributed by atoms with Gasteiger partial charge in [0, 0.05) is 101 Å². The smallest absolute Gasteiger partial charge is 0.497 e. The number of nitrogens with zero attached hydrogens (tertiary/aromatic N) is 6. The minimum Gasteiger partial charge on any atom is -0.497 e. The third kappa shape index (κ3) is 35.2. The van der Waals surface area contributed by atoms with Crippen molar-refractivity contribution in [3.05, 3.63) is 382 Å².